The molecule has 0 unspecified atom stereocenters. The molecule has 2 radical (unpaired) electrons. The van der Waals surface area contributed by atoms with Crippen LogP contribution in [0.15, 0.2) is 0 Å². The molecule has 0 fully saturated rings. The Bertz CT molecular complexity index is 413. The molecule has 0 atom stereocenters. The molecule has 34 heavy (non-hydrogen) atoms. The Hall–Kier alpha value is 1.48. The van der Waals surface area contributed by atoms with Crippen molar-refractivity contribution in [1.82, 2.24) is 19.6 Å². The van der Waals surface area contributed by atoms with Crippen LogP contribution in [0.25, 0.3) is 0 Å². The van der Waals surface area contributed by atoms with Crippen molar-refractivity contribution < 1.29 is 34.1 Å². The molecule has 0 aliphatic heterocycles. The van der Waals surface area contributed by atoms with Crippen molar-refractivity contribution in [2.75, 3.05) is 52.4 Å². The molecular weight excluding hydrogens is 680 g/mol. The number of rotatable bonds is 8. The monoisotopic (exact) mass is 718 g/mol. The molecule has 0 aliphatic rings. The predicted octanol–water partition coefficient (Wildman–Crippen LogP) is 4.64. The van der Waals surface area contributed by atoms with Crippen molar-refractivity contribution in [2.24, 2.45) is 0 Å². The first-order chi connectivity index (χ1) is 14.9. The third-order valence-corrected chi connectivity index (χ3v) is 6.15. The first-order valence-electron chi connectivity index (χ1n) is 10.7. The van der Waals surface area contributed by atoms with E-state index >= 15 is 0 Å². The molecule has 0 rings (SSSR count). The Morgan fingerprint density at radius 2 is 0.471 bits per heavy atom. The normalized spacial score (nSPS) is 8.24. The zero-order valence-electron chi connectivity index (χ0n) is 21.3. The molecule has 0 heterocycles. The van der Waals surface area contributed by atoms with Crippen LogP contribution in [0.2, 0.25) is 0 Å². The summed E-state index contributed by atoms with van der Waals surface area (Å²) in [4.78, 5) is 7.85. The quantitative estimate of drug-likeness (QED) is 0.197. The van der Waals surface area contributed by atoms with Crippen LogP contribution in [0.5, 0.6) is 0 Å². The van der Waals surface area contributed by atoms with Crippen LogP contribution in [0.1, 0.15) is 55.4 Å². The van der Waals surface area contributed by atoms with E-state index < -0.39 is 0 Å². The topological polar surface area (TPSA) is 13.0 Å². The van der Waals surface area contributed by atoms with E-state index in [1.807, 2.05) is 75.0 Å². The summed E-state index contributed by atoms with van der Waals surface area (Å²) in [5, 5.41) is 0. The molecule has 0 aromatic carbocycles. The fraction of sp³-hybridized carbons (Fsp3) is 0.800. The van der Waals surface area contributed by atoms with Gasteiger partial charge in [-0.15, -0.1) is 0 Å². The van der Waals surface area contributed by atoms with Gasteiger partial charge in [0.1, 0.15) is 0 Å². The molecule has 0 aromatic heterocycles. The van der Waals surface area contributed by atoms with Crippen molar-refractivity contribution in [3.05, 3.63) is 0 Å². The van der Waals surface area contributed by atoms with Crippen LogP contribution in [0.3, 0.4) is 0 Å². The maximum absolute atomic E-state index is 4.76. The van der Waals surface area contributed by atoms with Gasteiger partial charge in [-0.1, -0.05) is 17.3 Å². The SMILES string of the molecule is CCN(CC)C(=S)[S-].CCN(CC)C(=S)[S-].CCN(CC)C(=S)[S-].CCN(CC)C(=S)[S-].[Cu+2].[Cu+2]. The number of thiocarbonyl (C=S) groups is 4. The van der Waals surface area contributed by atoms with Gasteiger partial charge in [-0.25, -0.2) is 0 Å². The summed E-state index contributed by atoms with van der Waals surface area (Å²) in [6.45, 7) is 23.8. The van der Waals surface area contributed by atoms with Crippen molar-refractivity contribution >= 4 is 117 Å². The molecule has 0 amide bonds. The molecule has 0 aliphatic carbocycles. The van der Waals surface area contributed by atoms with Gasteiger partial charge in [-0.05, 0) is 55.4 Å². The molecule has 0 N–H and O–H groups in total. The van der Waals surface area contributed by atoms with Crippen LogP contribution < -0.4 is 0 Å². The molecule has 210 valence electrons. The number of hydrogen-bond acceptors (Lipinski definition) is 8. The predicted molar refractivity (Wildman–Crippen MR) is 172 cm³/mol. The van der Waals surface area contributed by atoms with Crippen molar-refractivity contribution in [3.8, 4) is 0 Å². The summed E-state index contributed by atoms with van der Waals surface area (Å²) >= 11 is 38.0. The van der Waals surface area contributed by atoms with Crippen LogP contribution in [0, 0.1) is 0 Å². The molecule has 0 saturated heterocycles. The van der Waals surface area contributed by atoms with E-state index in [9.17, 15) is 0 Å². The molecule has 0 spiro atoms. The summed E-state index contributed by atoms with van der Waals surface area (Å²) in [5.74, 6) is 0. The summed E-state index contributed by atoms with van der Waals surface area (Å²) < 4.78 is 2.31. The molecule has 4 nitrogen and oxygen atoms in total. The zero-order chi connectivity index (χ0) is 26.3. The second kappa shape index (κ2) is 34.5. The van der Waals surface area contributed by atoms with Gasteiger partial charge in [0.2, 0.25) is 0 Å². The van der Waals surface area contributed by atoms with Crippen molar-refractivity contribution in [2.45, 2.75) is 55.4 Å². The van der Waals surface area contributed by atoms with Gasteiger partial charge in [0.05, 0.1) is 0 Å². The second-order valence-electron chi connectivity index (χ2n) is 5.75. The molecule has 0 bridgehead atoms. The maximum atomic E-state index is 4.76. The molecular formula is C20H40Cu2N4S8. The first kappa shape index (κ1) is 48.5. The van der Waals surface area contributed by atoms with E-state index in [1.165, 1.54) is 0 Å². The third kappa shape index (κ3) is 31.5. The van der Waals surface area contributed by atoms with Gasteiger partial charge >= 0.3 is 34.1 Å². The smallest absolute Gasteiger partial charge is 0.411 e. The Kier molecular flexibility index (Phi) is 49.2. The van der Waals surface area contributed by atoms with E-state index in [-0.39, 0.29) is 34.1 Å². The van der Waals surface area contributed by atoms with Gasteiger partial charge in [-0.2, -0.15) is 0 Å². The van der Waals surface area contributed by atoms with Gasteiger partial charge in [0, 0.05) is 52.4 Å². The van der Waals surface area contributed by atoms with Gasteiger partial charge in [0.15, 0.2) is 0 Å². The average Bonchev–Trinajstić information content (AvgIpc) is 2.72. The van der Waals surface area contributed by atoms with Crippen LogP contribution >= 0.6 is 48.9 Å². The minimum Gasteiger partial charge on any atom is -0.411 e. The van der Waals surface area contributed by atoms with E-state index in [2.05, 4.69) is 0 Å². The number of hydrogen-bond donors (Lipinski definition) is 0. The molecule has 0 saturated carbocycles. The Labute approximate surface area is 275 Å². The largest absolute Gasteiger partial charge is 2.00 e. The zero-order valence-corrected chi connectivity index (χ0v) is 29.7. The van der Waals surface area contributed by atoms with Gasteiger partial charge < -0.3 is 119 Å². The van der Waals surface area contributed by atoms with E-state index in [0.717, 1.165) is 52.4 Å². The average molecular weight is 720 g/mol. The van der Waals surface area contributed by atoms with Gasteiger partial charge in [0.25, 0.3) is 0 Å². The summed E-state index contributed by atoms with van der Waals surface area (Å²) in [5.41, 5.74) is 0. The van der Waals surface area contributed by atoms with Gasteiger partial charge in [-0.3, -0.25) is 0 Å². The Morgan fingerprint density at radius 3 is 0.471 bits per heavy atom. The summed E-state index contributed by atoms with van der Waals surface area (Å²) in [6.07, 6.45) is 0. The fourth-order valence-corrected chi connectivity index (χ4v) is 3.99. The van der Waals surface area contributed by atoms with Crippen LogP contribution in [-0.4, -0.2) is 89.2 Å². The van der Waals surface area contributed by atoms with Crippen molar-refractivity contribution in [3.63, 3.8) is 0 Å². The Morgan fingerprint density at radius 1 is 0.382 bits per heavy atom. The van der Waals surface area contributed by atoms with Crippen LogP contribution in [0.4, 0.5) is 0 Å². The Balaban J connectivity index is -0.0000000754. The third-order valence-electron chi connectivity index (χ3n) is 4.09. The minimum atomic E-state index is 0. The second-order valence-corrected chi connectivity index (χ2v) is 9.88. The summed E-state index contributed by atoms with van der Waals surface area (Å²) in [6, 6.07) is 0. The summed E-state index contributed by atoms with van der Waals surface area (Å²) in [7, 11) is 0. The molecule has 14 heteroatoms. The standard InChI is InChI=1S/4C5H11NS2.2Cu/c4*1-3-6(4-2)5(7)8;;/h4*3-4H2,1-2H3,(H,7,8);;/q;;;;2*+2/p-4. The van der Waals surface area contributed by atoms with Crippen molar-refractivity contribution in [1.29, 1.82) is 0 Å². The van der Waals surface area contributed by atoms with E-state index in [4.69, 9.17) is 99.4 Å². The number of nitrogens with zero attached hydrogens (tertiary/aromatic N) is 4. The minimum absolute atomic E-state index is 0. The first-order valence-corrected chi connectivity index (χ1v) is 14.0. The maximum Gasteiger partial charge on any atom is 2.00 e. The van der Waals surface area contributed by atoms with E-state index in [1.54, 1.807) is 0 Å². The fourth-order valence-electron chi connectivity index (χ4n) is 1.93. The van der Waals surface area contributed by atoms with E-state index in [0.29, 0.717) is 17.3 Å². The van der Waals surface area contributed by atoms with Crippen LogP contribution in [-0.2, 0) is 84.7 Å². The molecule has 0 aromatic rings.